The second-order valence-electron chi connectivity index (χ2n) is 4.79. The van der Waals surface area contributed by atoms with Gasteiger partial charge in [-0.3, -0.25) is 4.79 Å². The first-order chi connectivity index (χ1) is 7.09. The predicted octanol–water partition coefficient (Wildman–Crippen LogP) is 0.827. The summed E-state index contributed by atoms with van der Waals surface area (Å²) in [4.78, 5) is 22.0. The van der Waals surface area contributed by atoms with Crippen LogP contribution in [0.25, 0.3) is 0 Å². The molecule has 0 spiro atoms. The maximum Gasteiger partial charge on any atom is 0.372 e. The standard InChI is InChI=1S/C11H16O4/c12-9-7-3-1-2-6(4-7)5-8(9)10(13)11(14)15/h6-9,12H,1-5H2,(H,14,15). The molecular formula is C11H16O4. The van der Waals surface area contributed by atoms with Crippen LogP contribution < -0.4 is 0 Å². The Morgan fingerprint density at radius 1 is 1.13 bits per heavy atom. The Kier molecular flexibility index (Phi) is 2.78. The van der Waals surface area contributed by atoms with Crippen molar-refractivity contribution in [3.8, 4) is 0 Å². The van der Waals surface area contributed by atoms with Gasteiger partial charge in [-0.1, -0.05) is 12.8 Å². The lowest BCUT2D eigenvalue weighted by Gasteiger charge is -2.41. The van der Waals surface area contributed by atoms with Crippen molar-refractivity contribution in [1.29, 1.82) is 0 Å². The van der Waals surface area contributed by atoms with E-state index in [2.05, 4.69) is 0 Å². The van der Waals surface area contributed by atoms with Gasteiger partial charge in [-0.2, -0.15) is 0 Å². The molecule has 0 radical (unpaired) electrons. The van der Waals surface area contributed by atoms with E-state index in [1.54, 1.807) is 0 Å². The van der Waals surface area contributed by atoms with E-state index in [4.69, 9.17) is 5.11 Å². The molecule has 0 saturated heterocycles. The Hall–Kier alpha value is -0.900. The van der Waals surface area contributed by atoms with Crippen LogP contribution in [0.5, 0.6) is 0 Å². The molecular weight excluding hydrogens is 196 g/mol. The smallest absolute Gasteiger partial charge is 0.372 e. The Morgan fingerprint density at radius 3 is 2.53 bits per heavy atom. The van der Waals surface area contributed by atoms with Crippen molar-refractivity contribution in [3.63, 3.8) is 0 Å². The molecule has 4 atom stereocenters. The maximum absolute atomic E-state index is 11.4. The maximum atomic E-state index is 11.4. The molecule has 0 aromatic heterocycles. The van der Waals surface area contributed by atoms with Gasteiger partial charge >= 0.3 is 5.97 Å². The highest BCUT2D eigenvalue weighted by Gasteiger charge is 2.43. The fourth-order valence-corrected chi connectivity index (χ4v) is 3.10. The first-order valence-corrected chi connectivity index (χ1v) is 5.54. The van der Waals surface area contributed by atoms with Gasteiger partial charge in [0.25, 0.3) is 0 Å². The predicted molar refractivity (Wildman–Crippen MR) is 52.2 cm³/mol. The molecule has 0 aromatic rings. The molecule has 15 heavy (non-hydrogen) atoms. The minimum absolute atomic E-state index is 0.144. The average molecular weight is 212 g/mol. The summed E-state index contributed by atoms with van der Waals surface area (Å²) in [5.41, 5.74) is 0. The van der Waals surface area contributed by atoms with E-state index in [0.717, 1.165) is 25.7 Å². The minimum Gasteiger partial charge on any atom is -0.475 e. The van der Waals surface area contributed by atoms with Gasteiger partial charge in [-0.25, -0.2) is 4.79 Å². The van der Waals surface area contributed by atoms with Gasteiger partial charge < -0.3 is 10.2 Å². The molecule has 0 aliphatic heterocycles. The van der Waals surface area contributed by atoms with Gasteiger partial charge in [0.15, 0.2) is 0 Å². The summed E-state index contributed by atoms with van der Waals surface area (Å²) >= 11 is 0. The molecule has 0 heterocycles. The lowest BCUT2D eigenvalue weighted by molar-refractivity contribution is -0.156. The molecule has 0 amide bonds. The zero-order valence-electron chi connectivity index (χ0n) is 8.56. The molecule has 2 saturated carbocycles. The van der Waals surface area contributed by atoms with Gasteiger partial charge in [0.1, 0.15) is 0 Å². The number of aliphatic hydroxyl groups is 1. The molecule has 4 heteroatoms. The fraction of sp³-hybridized carbons (Fsp3) is 0.818. The van der Waals surface area contributed by atoms with Crippen molar-refractivity contribution >= 4 is 11.8 Å². The summed E-state index contributed by atoms with van der Waals surface area (Å²) < 4.78 is 0. The van der Waals surface area contributed by atoms with E-state index in [1.807, 2.05) is 0 Å². The van der Waals surface area contributed by atoms with Crippen LogP contribution in [0.3, 0.4) is 0 Å². The largest absolute Gasteiger partial charge is 0.475 e. The highest BCUT2D eigenvalue weighted by atomic mass is 16.4. The number of fused-ring (bicyclic) bond motifs is 2. The normalized spacial score (nSPS) is 39.8. The number of carboxylic acids is 1. The number of aliphatic hydroxyl groups excluding tert-OH is 1. The molecule has 4 unspecified atom stereocenters. The number of aliphatic carboxylic acids is 1. The summed E-state index contributed by atoms with van der Waals surface area (Å²) in [6.45, 7) is 0. The number of ketones is 1. The van der Waals surface area contributed by atoms with Gasteiger partial charge in [0.05, 0.1) is 12.0 Å². The van der Waals surface area contributed by atoms with Crippen LogP contribution in [-0.4, -0.2) is 28.1 Å². The first kappa shape index (κ1) is 10.6. The van der Waals surface area contributed by atoms with Crippen molar-refractivity contribution in [2.75, 3.05) is 0 Å². The highest BCUT2D eigenvalue weighted by molar-refractivity contribution is 6.33. The topological polar surface area (TPSA) is 74.6 Å². The Balaban J connectivity index is 2.12. The molecule has 2 N–H and O–H groups in total. The molecule has 2 fully saturated rings. The molecule has 2 bridgehead atoms. The molecule has 2 aliphatic carbocycles. The summed E-state index contributed by atoms with van der Waals surface area (Å²) in [6.07, 6.45) is 3.90. The fourth-order valence-electron chi connectivity index (χ4n) is 3.10. The highest BCUT2D eigenvalue weighted by Crippen LogP contribution is 2.42. The van der Waals surface area contributed by atoms with Gasteiger partial charge in [0, 0.05) is 0 Å². The SMILES string of the molecule is O=C(O)C(=O)C1CC2CCCC(C2)C1O. The lowest BCUT2D eigenvalue weighted by Crippen LogP contribution is -2.45. The van der Waals surface area contributed by atoms with Crippen molar-refractivity contribution in [2.45, 2.75) is 38.2 Å². The number of rotatable bonds is 2. The Morgan fingerprint density at radius 2 is 1.87 bits per heavy atom. The van der Waals surface area contributed by atoms with Crippen LogP contribution in [0, 0.1) is 17.8 Å². The average Bonchev–Trinajstić information content (AvgIpc) is 2.23. The third-order valence-electron chi connectivity index (χ3n) is 3.85. The van der Waals surface area contributed by atoms with Gasteiger partial charge in [-0.15, -0.1) is 0 Å². The molecule has 4 nitrogen and oxygen atoms in total. The van der Waals surface area contributed by atoms with Crippen molar-refractivity contribution in [1.82, 2.24) is 0 Å². The monoisotopic (exact) mass is 212 g/mol. The van der Waals surface area contributed by atoms with E-state index in [-0.39, 0.29) is 5.92 Å². The van der Waals surface area contributed by atoms with Gasteiger partial charge in [0.2, 0.25) is 5.78 Å². The second-order valence-corrected chi connectivity index (χ2v) is 4.79. The number of carbonyl (C=O) groups is 2. The van der Waals surface area contributed by atoms with E-state index in [1.165, 1.54) is 0 Å². The Labute approximate surface area is 88.3 Å². The van der Waals surface area contributed by atoms with Crippen LogP contribution in [-0.2, 0) is 9.59 Å². The summed E-state index contributed by atoms with van der Waals surface area (Å²) in [6, 6.07) is 0. The molecule has 2 rings (SSSR count). The number of hydrogen-bond acceptors (Lipinski definition) is 3. The second kappa shape index (κ2) is 3.93. The zero-order chi connectivity index (χ0) is 11.0. The number of carbonyl (C=O) groups excluding carboxylic acids is 1. The zero-order valence-corrected chi connectivity index (χ0v) is 8.56. The third-order valence-corrected chi connectivity index (χ3v) is 3.85. The van der Waals surface area contributed by atoms with Crippen LogP contribution >= 0.6 is 0 Å². The van der Waals surface area contributed by atoms with E-state index in [9.17, 15) is 14.7 Å². The van der Waals surface area contributed by atoms with Crippen LogP contribution in [0.1, 0.15) is 32.1 Å². The first-order valence-electron chi connectivity index (χ1n) is 5.54. The quantitative estimate of drug-likeness (QED) is 0.665. The van der Waals surface area contributed by atoms with Crippen LogP contribution in [0.15, 0.2) is 0 Å². The lowest BCUT2D eigenvalue weighted by atomic mass is 9.65. The van der Waals surface area contributed by atoms with Crippen LogP contribution in [0.2, 0.25) is 0 Å². The van der Waals surface area contributed by atoms with E-state index in [0.29, 0.717) is 12.3 Å². The molecule has 2 aliphatic rings. The number of hydrogen-bond donors (Lipinski definition) is 2. The third kappa shape index (κ3) is 1.91. The molecule has 0 aromatic carbocycles. The van der Waals surface area contributed by atoms with Crippen LogP contribution in [0.4, 0.5) is 0 Å². The molecule has 84 valence electrons. The summed E-state index contributed by atoms with van der Waals surface area (Å²) in [5.74, 6) is -2.28. The summed E-state index contributed by atoms with van der Waals surface area (Å²) in [7, 11) is 0. The Bertz CT molecular complexity index is 286. The van der Waals surface area contributed by atoms with Crippen molar-refractivity contribution < 1.29 is 19.8 Å². The van der Waals surface area contributed by atoms with Crippen molar-refractivity contribution in [3.05, 3.63) is 0 Å². The number of Topliss-reactive ketones (excluding diaryl/α,β-unsaturated/α-hetero) is 1. The van der Waals surface area contributed by atoms with Gasteiger partial charge in [-0.05, 0) is 31.1 Å². The van der Waals surface area contributed by atoms with E-state index < -0.39 is 23.8 Å². The van der Waals surface area contributed by atoms with Crippen molar-refractivity contribution in [2.24, 2.45) is 17.8 Å². The van der Waals surface area contributed by atoms with E-state index >= 15 is 0 Å². The number of carboxylic acid groups (broad SMARTS) is 1. The minimum atomic E-state index is -1.40. The summed E-state index contributed by atoms with van der Waals surface area (Å²) in [5, 5.41) is 18.6.